The summed E-state index contributed by atoms with van der Waals surface area (Å²) in [6.07, 6.45) is 3.81. The lowest BCUT2D eigenvalue weighted by Crippen LogP contribution is -2.71. The minimum atomic E-state index is -0.957. The molecule has 0 saturated heterocycles. The second-order valence-corrected chi connectivity index (χ2v) is 11.1. The Morgan fingerprint density at radius 1 is 1.32 bits per heavy atom. The zero-order valence-electron chi connectivity index (χ0n) is 22.9. The molecule has 41 heavy (non-hydrogen) atoms. The lowest BCUT2D eigenvalue weighted by Gasteiger charge is -2.57. The van der Waals surface area contributed by atoms with E-state index in [1.165, 1.54) is 24.0 Å². The van der Waals surface area contributed by atoms with E-state index in [9.17, 15) is 28.3 Å². The molecule has 1 aliphatic heterocycles. The minimum Gasteiger partial charge on any atom is -0.502 e. The Balaban J connectivity index is 1.70. The number of esters is 1. The van der Waals surface area contributed by atoms with Crippen LogP contribution in [0.5, 0.6) is 5.75 Å². The van der Waals surface area contributed by atoms with E-state index in [2.05, 4.69) is 6.58 Å². The molecule has 3 N–H and O–H groups in total. The molecule has 4 rings (SSSR count). The molecule has 1 spiro atoms. The van der Waals surface area contributed by atoms with Gasteiger partial charge in [-0.05, 0) is 43.7 Å². The van der Waals surface area contributed by atoms with Crippen LogP contribution in [0.15, 0.2) is 41.8 Å². The summed E-state index contributed by atoms with van der Waals surface area (Å²) in [5.74, 6) is -4.13. The molecule has 10 nitrogen and oxygen atoms in total. The number of aromatic nitrogens is 1. The molecule has 218 valence electrons. The third-order valence-corrected chi connectivity index (χ3v) is 8.75. The summed E-state index contributed by atoms with van der Waals surface area (Å²) in [6, 6.07) is 2.96. The lowest BCUT2D eigenvalue weighted by molar-refractivity contribution is -0.149. The zero-order valence-corrected chi connectivity index (χ0v) is 23.7. The van der Waals surface area contributed by atoms with Gasteiger partial charge in [-0.3, -0.25) is 34.9 Å². The Hall–Kier alpha value is -4.00. The third kappa shape index (κ3) is 5.14. The molecular weight excluding hydrogens is 556 g/mol. The first-order valence-electron chi connectivity index (χ1n) is 12.9. The summed E-state index contributed by atoms with van der Waals surface area (Å²) in [7, 11) is 3.02. The Kier molecular flexibility index (Phi) is 8.39. The molecule has 2 heterocycles. The second kappa shape index (κ2) is 11.5. The fraction of sp³-hybridized carbons (Fsp3) is 0.393. The number of methoxy groups -OCH3 is 1. The summed E-state index contributed by atoms with van der Waals surface area (Å²) in [5, 5.41) is 28.8. The van der Waals surface area contributed by atoms with Gasteiger partial charge in [0.2, 0.25) is 5.43 Å². The first kappa shape index (κ1) is 30.0. The lowest BCUT2D eigenvalue weighted by atomic mass is 9.72. The number of allylic oxidation sites excluding steroid dienone is 1. The number of carbonyl (C=O) groups excluding carboxylic acids is 2. The maximum absolute atomic E-state index is 14.1. The van der Waals surface area contributed by atoms with Gasteiger partial charge in [0.05, 0.1) is 23.6 Å². The van der Waals surface area contributed by atoms with Crippen LogP contribution >= 0.6 is 11.8 Å². The average Bonchev–Trinajstić information content (AvgIpc) is 2.94. The number of rotatable bonds is 6. The first-order chi connectivity index (χ1) is 19.4. The third-order valence-electron chi connectivity index (χ3n) is 7.93. The number of hydrogen-bond donors (Lipinski definition) is 3. The van der Waals surface area contributed by atoms with Crippen molar-refractivity contribution in [1.29, 1.82) is 10.8 Å². The quantitative estimate of drug-likeness (QED) is 0.203. The molecule has 1 amide bonds. The number of aromatic hydroxyl groups is 1. The molecule has 1 aromatic heterocycles. The number of pyridine rings is 1. The first-order valence-corrected chi connectivity index (χ1v) is 13.7. The van der Waals surface area contributed by atoms with Crippen molar-refractivity contribution in [3.63, 3.8) is 0 Å². The summed E-state index contributed by atoms with van der Waals surface area (Å²) in [6.45, 7) is 5.93. The molecule has 1 aromatic carbocycles. The van der Waals surface area contributed by atoms with E-state index in [1.54, 1.807) is 30.0 Å². The number of hydrogen-bond acceptors (Lipinski definition) is 9. The average molecular weight is 588 g/mol. The maximum atomic E-state index is 14.1. The van der Waals surface area contributed by atoms with E-state index in [0.29, 0.717) is 37.1 Å². The molecule has 3 atom stereocenters. The molecule has 13 heteroatoms. The molecular formula is C28H31F2N5O5S. The Morgan fingerprint density at radius 2 is 2.02 bits per heavy atom. The van der Waals surface area contributed by atoms with Crippen LogP contribution in [-0.2, 0) is 16.0 Å². The highest BCUT2D eigenvalue weighted by Gasteiger charge is 2.54. The van der Waals surface area contributed by atoms with Crippen molar-refractivity contribution in [2.45, 2.75) is 38.3 Å². The van der Waals surface area contributed by atoms with Crippen molar-refractivity contribution in [1.82, 2.24) is 9.58 Å². The Bertz CT molecular complexity index is 1510. The minimum absolute atomic E-state index is 0.0490. The van der Waals surface area contributed by atoms with Crippen molar-refractivity contribution in [2.75, 3.05) is 25.7 Å². The molecule has 2 aliphatic rings. The number of fused-ring (bicyclic) bond motifs is 1. The van der Waals surface area contributed by atoms with Crippen molar-refractivity contribution in [3.8, 4) is 5.75 Å². The van der Waals surface area contributed by atoms with Gasteiger partial charge in [-0.15, -0.1) is 6.58 Å². The highest BCUT2D eigenvalue weighted by molar-refractivity contribution is 8.26. The summed E-state index contributed by atoms with van der Waals surface area (Å²) < 4.78 is 33.6. The highest BCUT2D eigenvalue weighted by atomic mass is 32.2. The fourth-order valence-corrected chi connectivity index (χ4v) is 6.55. The number of amides is 1. The molecule has 1 unspecified atom stereocenters. The molecule has 1 saturated carbocycles. The van der Waals surface area contributed by atoms with Gasteiger partial charge in [0.15, 0.2) is 11.4 Å². The topological polar surface area (TPSA) is 140 Å². The van der Waals surface area contributed by atoms with E-state index in [0.717, 1.165) is 6.07 Å². The Labute approximate surface area is 239 Å². The SMILES string of the molecule is C=C[C@@H]1CC2(CC[C@@H]1C(=O)OC)N(CC)C(=O)c1c(O)c(=O)c(C(=N)SC(=N)Cc3ccc(F)cc3F)cn1N2C. The summed E-state index contributed by atoms with van der Waals surface area (Å²) in [4.78, 5) is 40.9. The zero-order chi connectivity index (χ0) is 30.2. The van der Waals surface area contributed by atoms with E-state index in [4.69, 9.17) is 15.6 Å². The molecule has 0 bridgehead atoms. The van der Waals surface area contributed by atoms with Gasteiger partial charge in [-0.2, -0.15) is 0 Å². The van der Waals surface area contributed by atoms with Crippen molar-refractivity contribution >= 4 is 33.7 Å². The van der Waals surface area contributed by atoms with Gasteiger partial charge in [0.25, 0.3) is 5.91 Å². The van der Waals surface area contributed by atoms with E-state index >= 15 is 0 Å². The number of carbonyl (C=O) groups is 2. The molecule has 1 aliphatic carbocycles. The van der Waals surface area contributed by atoms with Gasteiger partial charge < -0.3 is 14.7 Å². The normalized spacial score (nSPS) is 21.9. The van der Waals surface area contributed by atoms with Crippen molar-refractivity contribution in [2.24, 2.45) is 11.8 Å². The number of ether oxygens (including phenoxy) is 1. The van der Waals surface area contributed by atoms with Crippen LogP contribution in [0.1, 0.15) is 47.8 Å². The van der Waals surface area contributed by atoms with Gasteiger partial charge in [0.1, 0.15) is 22.3 Å². The van der Waals surface area contributed by atoms with Crippen LogP contribution in [0.4, 0.5) is 8.78 Å². The molecule has 2 aromatic rings. The van der Waals surface area contributed by atoms with Crippen LogP contribution in [-0.4, -0.2) is 63.0 Å². The number of halogens is 2. The van der Waals surface area contributed by atoms with Crippen LogP contribution < -0.4 is 10.4 Å². The number of benzene rings is 1. The second-order valence-electron chi connectivity index (χ2n) is 10.0. The van der Waals surface area contributed by atoms with E-state index in [1.807, 2.05) is 0 Å². The van der Waals surface area contributed by atoms with Crippen molar-refractivity contribution in [3.05, 3.63) is 75.7 Å². The molecule has 0 radical (unpaired) electrons. The fourth-order valence-electron chi connectivity index (χ4n) is 5.82. The van der Waals surface area contributed by atoms with Crippen LogP contribution in [0, 0.1) is 34.3 Å². The Morgan fingerprint density at radius 3 is 2.63 bits per heavy atom. The number of nitrogens with zero attached hydrogens (tertiary/aromatic N) is 3. The molecule has 1 fully saturated rings. The maximum Gasteiger partial charge on any atom is 0.309 e. The number of thioether (sulfide) groups is 1. The van der Waals surface area contributed by atoms with E-state index < -0.39 is 40.3 Å². The van der Waals surface area contributed by atoms with Gasteiger partial charge in [0, 0.05) is 32.3 Å². The highest BCUT2D eigenvalue weighted by Crippen LogP contribution is 2.45. The monoisotopic (exact) mass is 587 g/mol. The van der Waals surface area contributed by atoms with Crippen LogP contribution in [0.3, 0.4) is 0 Å². The van der Waals surface area contributed by atoms with Crippen molar-refractivity contribution < 1.29 is 28.2 Å². The van der Waals surface area contributed by atoms with Gasteiger partial charge in [-0.25, -0.2) is 8.78 Å². The predicted molar refractivity (Wildman–Crippen MR) is 151 cm³/mol. The summed E-state index contributed by atoms with van der Waals surface area (Å²) >= 11 is 0.581. The smallest absolute Gasteiger partial charge is 0.309 e. The van der Waals surface area contributed by atoms with E-state index in [-0.39, 0.29) is 51.8 Å². The summed E-state index contributed by atoms with van der Waals surface area (Å²) in [5.41, 5.74) is -2.37. The van der Waals surface area contributed by atoms with Crippen LogP contribution in [0.2, 0.25) is 0 Å². The predicted octanol–water partition coefficient (Wildman–Crippen LogP) is 3.63. The van der Waals surface area contributed by atoms with Crippen LogP contribution in [0.25, 0.3) is 0 Å². The number of nitrogens with one attached hydrogen (secondary N) is 2. The van der Waals surface area contributed by atoms with Gasteiger partial charge >= 0.3 is 5.97 Å². The largest absolute Gasteiger partial charge is 0.502 e. The van der Waals surface area contributed by atoms with Gasteiger partial charge in [-0.1, -0.05) is 23.9 Å². The standard InChI is InChI=1S/C28H31F2N5O5S/c1-5-15-13-28(10-9-18(15)27(39)40-4)33(3)35-14-19(23(36)24(37)22(35)26(38)34(28)6-2)25(32)41-21(31)11-16-7-8-17(29)12-20(16)30/h5,7-8,12,14-15,18,31-32,37H,1,6,9-11,13H2,2-4H3/t15-,18+,28?/m1/s1.